The molecule has 0 saturated heterocycles. The number of ether oxygens (including phenoxy) is 2. The number of anilines is 1. The Balaban J connectivity index is 1.38. The average molecular weight is 520 g/mol. The number of hydrogen-bond acceptors (Lipinski definition) is 7. The number of carbonyl (C=O) groups excluding carboxylic acids is 3. The Morgan fingerprint density at radius 3 is 2.60 bits per heavy atom. The third-order valence-electron chi connectivity index (χ3n) is 6.00. The highest BCUT2D eigenvalue weighted by molar-refractivity contribution is 7.17. The number of fused-ring (bicyclic) bond motifs is 2. The first-order valence-corrected chi connectivity index (χ1v) is 13.8. The molecule has 2 N–H and O–H groups in total. The Labute approximate surface area is 214 Å². The standard InChI is InChI=1S/C25H33N3O5S2/c1-5-32-22(29)20-17-8-6-7-9-18(17)35-21(20)27-23(30)26-12-15-14-34-19-13-28(11-10-16(15)19)24(31)33-25(2,3)4/h14H,5-13H2,1-4H3,(H2,26,27,30). The SMILES string of the molecule is CCOC(=O)c1c(NC(=O)NCc2csc3c2CCN(C(=O)OC(C)(C)C)C3)sc2c1CCCC2. The fourth-order valence-electron chi connectivity index (χ4n) is 4.42. The van der Waals surface area contributed by atoms with Crippen LogP contribution in [0.3, 0.4) is 0 Å². The summed E-state index contributed by atoms with van der Waals surface area (Å²) in [7, 11) is 0. The van der Waals surface area contributed by atoms with Gasteiger partial charge in [-0.05, 0) is 81.9 Å². The van der Waals surface area contributed by atoms with Gasteiger partial charge in [-0.3, -0.25) is 5.32 Å². The highest BCUT2D eigenvalue weighted by Crippen LogP contribution is 2.38. The largest absolute Gasteiger partial charge is 0.462 e. The Morgan fingerprint density at radius 2 is 1.86 bits per heavy atom. The van der Waals surface area contributed by atoms with Crippen LogP contribution in [0, 0.1) is 0 Å². The zero-order valence-corrected chi connectivity index (χ0v) is 22.4. The lowest BCUT2D eigenvalue weighted by Crippen LogP contribution is -2.39. The number of hydrogen-bond donors (Lipinski definition) is 2. The van der Waals surface area contributed by atoms with Gasteiger partial charge in [0.25, 0.3) is 0 Å². The van der Waals surface area contributed by atoms with Crippen molar-refractivity contribution in [2.45, 2.75) is 78.5 Å². The van der Waals surface area contributed by atoms with Crippen LogP contribution in [-0.4, -0.2) is 41.7 Å². The molecule has 2 aliphatic rings. The average Bonchev–Trinajstić information content (AvgIpc) is 3.37. The molecule has 0 atom stereocenters. The van der Waals surface area contributed by atoms with Gasteiger partial charge in [-0.15, -0.1) is 22.7 Å². The predicted molar refractivity (Wildman–Crippen MR) is 137 cm³/mol. The van der Waals surface area contributed by atoms with Gasteiger partial charge in [-0.2, -0.15) is 0 Å². The molecule has 10 heteroatoms. The van der Waals surface area contributed by atoms with E-state index in [0.29, 0.717) is 36.8 Å². The summed E-state index contributed by atoms with van der Waals surface area (Å²) in [6.07, 6.45) is 4.32. The number of rotatable bonds is 5. The van der Waals surface area contributed by atoms with Crippen molar-refractivity contribution >= 4 is 45.8 Å². The molecule has 0 aromatic carbocycles. The van der Waals surface area contributed by atoms with Crippen LogP contribution in [-0.2, 0) is 41.8 Å². The zero-order chi connectivity index (χ0) is 25.2. The van der Waals surface area contributed by atoms with Gasteiger partial charge in [0.05, 0.1) is 18.7 Å². The molecule has 0 unspecified atom stereocenters. The third kappa shape index (κ3) is 5.98. The van der Waals surface area contributed by atoms with Crippen molar-refractivity contribution in [1.82, 2.24) is 10.2 Å². The smallest absolute Gasteiger partial charge is 0.410 e. The molecule has 1 aliphatic heterocycles. The Morgan fingerprint density at radius 1 is 1.09 bits per heavy atom. The molecule has 35 heavy (non-hydrogen) atoms. The lowest BCUT2D eigenvalue weighted by molar-refractivity contribution is 0.0226. The van der Waals surface area contributed by atoms with Crippen LogP contribution in [0.2, 0.25) is 0 Å². The van der Waals surface area contributed by atoms with E-state index in [-0.39, 0.29) is 18.1 Å². The van der Waals surface area contributed by atoms with Crippen molar-refractivity contribution in [2.24, 2.45) is 0 Å². The maximum atomic E-state index is 12.8. The van der Waals surface area contributed by atoms with E-state index in [4.69, 9.17) is 9.47 Å². The highest BCUT2D eigenvalue weighted by Gasteiger charge is 2.29. The molecule has 4 rings (SSSR count). The predicted octanol–water partition coefficient (Wildman–Crippen LogP) is 5.48. The lowest BCUT2D eigenvalue weighted by atomic mass is 9.95. The van der Waals surface area contributed by atoms with E-state index in [2.05, 4.69) is 10.6 Å². The van der Waals surface area contributed by atoms with Crippen LogP contribution in [0.4, 0.5) is 14.6 Å². The topological polar surface area (TPSA) is 97.0 Å². The van der Waals surface area contributed by atoms with Gasteiger partial charge in [-0.1, -0.05) is 0 Å². The maximum absolute atomic E-state index is 12.8. The monoisotopic (exact) mass is 519 g/mol. The molecule has 190 valence electrons. The van der Waals surface area contributed by atoms with Gasteiger partial charge in [0.2, 0.25) is 0 Å². The molecular formula is C25H33N3O5S2. The van der Waals surface area contributed by atoms with Crippen molar-refractivity contribution in [2.75, 3.05) is 18.5 Å². The number of nitrogens with one attached hydrogen (secondary N) is 2. The molecule has 0 bridgehead atoms. The maximum Gasteiger partial charge on any atom is 0.410 e. The molecule has 2 aromatic rings. The van der Waals surface area contributed by atoms with Gasteiger partial charge < -0.3 is 19.7 Å². The number of urea groups is 1. The lowest BCUT2D eigenvalue weighted by Gasteiger charge is -2.30. The Hall–Kier alpha value is -2.59. The summed E-state index contributed by atoms with van der Waals surface area (Å²) in [5.74, 6) is -0.372. The first kappa shape index (κ1) is 25.5. The number of esters is 1. The third-order valence-corrected chi connectivity index (χ3v) is 8.27. The molecule has 0 saturated carbocycles. The molecule has 0 radical (unpaired) electrons. The van der Waals surface area contributed by atoms with E-state index in [0.717, 1.165) is 53.0 Å². The minimum Gasteiger partial charge on any atom is -0.462 e. The Kier molecular flexibility index (Phi) is 7.70. The van der Waals surface area contributed by atoms with Crippen molar-refractivity contribution in [1.29, 1.82) is 0 Å². The summed E-state index contributed by atoms with van der Waals surface area (Å²) in [6.45, 7) is 9.15. The van der Waals surface area contributed by atoms with Crippen molar-refractivity contribution in [3.63, 3.8) is 0 Å². The van der Waals surface area contributed by atoms with Crippen LogP contribution in [0.15, 0.2) is 5.38 Å². The zero-order valence-electron chi connectivity index (χ0n) is 20.7. The number of nitrogens with zero attached hydrogens (tertiary/aromatic N) is 1. The second-order valence-corrected chi connectivity index (χ2v) is 11.8. The first-order chi connectivity index (χ1) is 16.7. The summed E-state index contributed by atoms with van der Waals surface area (Å²) in [5, 5.41) is 8.43. The summed E-state index contributed by atoms with van der Waals surface area (Å²) in [6, 6.07) is -0.347. The molecule has 2 aromatic heterocycles. The fraction of sp³-hybridized carbons (Fsp3) is 0.560. The van der Waals surface area contributed by atoms with Gasteiger partial charge in [0.15, 0.2) is 0 Å². The molecule has 0 fully saturated rings. The van der Waals surface area contributed by atoms with Gasteiger partial charge in [0, 0.05) is 22.8 Å². The molecule has 0 spiro atoms. The summed E-state index contributed by atoms with van der Waals surface area (Å²) >= 11 is 3.07. The van der Waals surface area contributed by atoms with Crippen molar-refractivity contribution in [3.05, 3.63) is 37.4 Å². The quantitative estimate of drug-likeness (QED) is 0.510. The van der Waals surface area contributed by atoms with E-state index < -0.39 is 5.60 Å². The number of amides is 3. The highest BCUT2D eigenvalue weighted by atomic mass is 32.1. The van der Waals surface area contributed by atoms with Crippen molar-refractivity contribution in [3.8, 4) is 0 Å². The van der Waals surface area contributed by atoms with E-state index in [1.165, 1.54) is 16.9 Å². The summed E-state index contributed by atoms with van der Waals surface area (Å²) in [4.78, 5) is 41.8. The molecule has 3 heterocycles. The van der Waals surface area contributed by atoms with Gasteiger partial charge in [0.1, 0.15) is 10.6 Å². The van der Waals surface area contributed by atoms with E-state index in [9.17, 15) is 14.4 Å². The van der Waals surface area contributed by atoms with Crippen LogP contribution in [0.25, 0.3) is 0 Å². The fourth-order valence-corrected chi connectivity index (χ4v) is 6.81. The molecule has 1 aliphatic carbocycles. The normalized spacial score (nSPS) is 15.1. The van der Waals surface area contributed by atoms with E-state index in [1.54, 1.807) is 23.2 Å². The molecule has 3 amide bonds. The Bertz CT molecular complexity index is 1120. The van der Waals surface area contributed by atoms with Crippen molar-refractivity contribution < 1.29 is 23.9 Å². The van der Waals surface area contributed by atoms with Gasteiger partial charge in [-0.25, -0.2) is 14.4 Å². The number of thiophene rings is 2. The van der Waals surface area contributed by atoms with E-state index in [1.807, 2.05) is 26.2 Å². The summed E-state index contributed by atoms with van der Waals surface area (Å²) in [5.41, 5.74) is 3.26. The minimum atomic E-state index is -0.524. The van der Waals surface area contributed by atoms with Crippen LogP contribution < -0.4 is 10.6 Å². The molecule has 8 nitrogen and oxygen atoms in total. The summed E-state index contributed by atoms with van der Waals surface area (Å²) < 4.78 is 10.8. The number of carbonyl (C=O) groups is 3. The van der Waals surface area contributed by atoms with E-state index >= 15 is 0 Å². The van der Waals surface area contributed by atoms with Crippen LogP contribution >= 0.6 is 22.7 Å². The second-order valence-electron chi connectivity index (χ2n) is 9.76. The van der Waals surface area contributed by atoms with Gasteiger partial charge >= 0.3 is 18.1 Å². The van der Waals surface area contributed by atoms with Crippen LogP contribution in [0.1, 0.15) is 77.3 Å². The first-order valence-electron chi connectivity index (χ1n) is 12.1. The second kappa shape index (κ2) is 10.6. The molecular weight excluding hydrogens is 486 g/mol. The number of aryl methyl sites for hydroxylation is 1. The van der Waals surface area contributed by atoms with Crippen LogP contribution in [0.5, 0.6) is 0 Å². The minimum absolute atomic E-state index is 0.295.